The SMILES string of the molecule is COC(=O)C1(O)CC2OC1(C)n1c3ccc(NC(=S)NC4CCCC4)cc3c3c4c(c5c6cc(NC(=S)NC7CCCC7)ccc6n2c5c31)C(=O)NC4. The minimum absolute atomic E-state index is 0.0604. The second-order valence-corrected chi connectivity index (χ2v) is 16.2. The molecule has 1 saturated heterocycles. The quantitative estimate of drug-likeness (QED) is 0.0915. The topological polar surface area (TPSA) is 143 Å². The summed E-state index contributed by atoms with van der Waals surface area (Å²) in [6.45, 7) is 2.08. The third kappa shape index (κ3) is 4.65. The Labute approximate surface area is 315 Å². The van der Waals surface area contributed by atoms with Gasteiger partial charge in [-0.2, -0.15) is 0 Å². The summed E-state index contributed by atoms with van der Waals surface area (Å²) in [5, 5.41) is 33.7. The zero-order valence-corrected chi connectivity index (χ0v) is 31.2. The molecule has 3 aromatic carbocycles. The number of carbonyl (C=O) groups excluding carboxylic acids is 2. The van der Waals surface area contributed by atoms with E-state index in [0.717, 1.165) is 86.2 Å². The van der Waals surface area contributed by atoms with Gasteiger partial charge in [0.1, 0.15) is 6.23 Å². The first-order valence-corrected chi connectivity index (χ1v) is 19.4. The molecule has 3 aliphatic heterocycles. The lowest BCUT2D eigenvalue weighted by atomic mass is 9.88. The zero-order valence-electron chi connectivity index (χ0n) is 29.6. The van der Waals surface area contributed by atoms with E-state index in [1.165, 1.54) is 32.8 Å². The largest absolute Gasteiger partial charge is 0.467 e. The standard InChI is InChI=1S/C39H41N7O5S2/c1-38-39(49,35(48)50-2)17-28(51-38)45-26-13-11-21(43-36(52)41-19-7-3-4-8-19)15-23(26)30-31-25(18-40-34(31)47)29-24-16-22(44-37(53)42-20-9-5-6-10-20)12-14-27(24)46(38)33(29)32(30)45/h11-16,19-20,28,49H,3-10,17-18H2,1-2H3,(H,40,47)(H2,41,43,52)(H2,42,44,53). The van der Waals surface area contributed by atoms with Gasteiger partial charge in [0.15, 0.2) is 15.9 Å². The number of hydrogen-bond donors (Lipinski definition) is 6. The van der Waals surface area contributed by atoms with Gasteiger partial charge in [-0.25, -0.2) is 4.79 Å². The van der Waals surface area contributed by atoms with Gasteiger partial charge in [0, 0.05) is 58.0 Å². The average Bonchev–Trinajstić information content (AvgIpc) is 3.98. The Balaban J connectivity index is 1.23. The van der Waals surface area contributed by atoms with Crippen LogP contribution in [0.15, 0.2) is 36.4 Å². The third-order valence-corrected chi connectivity index (χ3v) is 12.9. The van der Waals surface area contributed by atoms with E-state index in [1.54, 1.807) is 6.92 Å². The Morgan fingerprint density at radius 3 is 2.09 bits per heavy atom. The van der Waals surface area contributed by atoms with Crippen LogP contribution >= 0.6 is 24.4 Å². The molecule has 3 fully saturated rings. The van der Waals surface area contributed by atoms with Gasteiger partial charge in [-0.15, -0.1) is 0 Å². The van der Waals surface area contributed by atoms with Crippen molar-refractivity contribution in [2.45, 2.75) is 101 Å². The predicted octanol–water partition coefficient (Wildman–Crippen LogP) is 6.11. The second kappa shape index (κ2) is 11.7. The van der Waals surface area contributed by atoms with E-state index in [0.29, 0.717) is 34.4 Å². The van der Waals surface area contributed by atoms with E-state index >= 15 is 0 Å². The molecule has 5 aliphatic rings. The number of thiocarbonyl (C=S) groups is 2. The first kappa shape index (κ1) is 33.1. The van der Waals surface area contributed by atoms with E-state index in [9.17, 15) is 14.7 Å². The van der Waals surface area contributed by atoms with E-state index < -0.39 is 23.5 Å². The minimum Gasteiger partial charge on any atom is -0.467 e. The van der Waals surface area contributed by atoms with Gasteiger partial charge in [-0.05, 0) is 99.0 Å². The van der Waals surface area contributed by atoms with Gasteiger partial charge < -0.3 is 50.3 Å². The summed E-state index contributed by atoms with van der Waals surface area (Å²) in [4.78, 5) is 27.6. The summed E-state index contributed by atoms with van der Waals surface area (Å²) < 4.78 is 16.2. The molecule has 53 heavy (non-hydrogen) atoms. The van der Waals surface area contributed by atoms with Gasteiger partial charge in [0.2, 0.25) is 5.60 Å². The highest BCUT2D eigenvalue weighted by molar-refractivity contribution is 7.80. The molecule has 14 heteroatoms. The van der Waals surface area contributed by atoms with Crippen molar-refractivity contribution >= 4 is 102 Å². The van der Waals surface area contributed by atoms with E-state index in [1.807, 2.05) is 41.0 Å². The molecule has 5 heterocycles. The van der Waals surface area contributed by atoms with Gasteiger partial charge in [0.25, 0.3) is 5.91 Å². The molecule has 10 rings (SSSR count). The highest BCUT2D eigenvalue weighted by atomic mass is 32.1. The average molecular weight is 752 g/mol. The molecule has 0 radical (unpaired) electrons. The molecular formula is C39H41N7O5S2. The first-order chi connectivity index (χ1) is 25.6. The van der Waals surface area contributed by atoms with E-state index in [2.05, 4.69) is 31.2 Å². The summed E-state index contributed by atoms with van der Waals surface area (Å²) in [6, 6.07) is 12.7. The monoisotopic (exact) mass is 751 g/mol. The lowest BCUT2D eigenvalue weighted by Crippen LogP contribution is -2.56. The van der Waals surface area contributed by atoms with Crippen LogP contribution in [0.1, 0.15) is 86.9 Å². The van der Waals surface area contributed by atoms with Crippen LogP contribution in [0.25, 0.3) is 43.6 Å². The number of anilines is 2. The maximum atomic E-state index is 14.0. The second-order valence-electron chi connectivity index (χ2n) is 15.4. The maximum Gasteiger partial charge on any atom is 0.343 e. The molecule has 2 aromatic heterocycles. The first-order valence-electron chi connectivity index (χ1n) is 18.6. The Kier molecular flexibility index (Phi) is 7.34. The fourth-order valence-electron chi connectivity index (χ4n) is 9.99. The summed E-state index contributed by atoms with van der Waals surface area (Å²) in [5.74, 6) is -0.925. The molecule has 1 amide bonds. The molecule has 2 aliphatic carbocycles. The number of rotatable bonds is 5. The number of aliphatic hydroxyl groups is 1. The van der Waals surface area contributed by atoms with Gasteiger partial charge >= 0.3 is 5.97 Å². The van der Waals surface area contributed by atoms with Gasteiger partial charge in [-0.3, -0.25) is 4.79 Å². The zero-order chi connectivity index (χ0) is 36.4. The number of ether oxygens (including phenoxy) is 2. The fourth-order valence-corrected chi connectivity index (χ4v) is 10.6. The van der Waals surface area contributed by atoms with E-state index in [-0.39, 0.29) is 12.3 Å². The molecule has 3 atom stereocenters. The van der Waals surface area contributed by atoms with Crippen LogP contribution in [-0.2, 0) is 26.5 Å². The highest BCUT2D eigenvalue weighted by Crippen LogP contribution is 2.58. The maximum absolute atomic E-state index is 14.0. The Bertz CT molecular complexity index is 2460. The molecular weight excluding hydrogens is 711 g/mol. The highest BCUT2D eigenvalue weighted by Gasteiger charge is 2.66. The number of nitrogens with zero attached hydrogens (tertiary/aromatic N) is 2. The van der Waals surface area contributed by atoms with Crippen LogP contribution in [0.3, 0.4) is 0 Å². The summed E-state index contributed by atoms with van der Waals surface area (Å²) in [6.07, 6.45) is 8.34. The van der Waals surface area contributed by atoms with Crippen molar-refractivity contribution in [3.05, 3.63) is 47.5 Å². The van der Waals surface area contributed by atoms with Gasteiger partial charge in [0.05, 0.1) is 34.7 Å². The number of benzene rings is 3. The summed E-state index contributed by atoms with van der Waals surface area (Å²) >= 11 is 11.5. The number of aromatic nitrogens is 2. The number of nitrogens with one attached hydrogen (secondary N) is 5. The lowest BCUT2D eigenvalue weighted by molar-refractivity contribution is -0.202. The molecule has 2 saturated carbocycles. The van der Waals surface area contributed by atoms with Crippen molar-refractivity contribution in [1.82, 2.24) is 25.1 Å². The third-order valence-electron chi connectivity index (χ3n) is 12.4. The lowest BCUT2D eigenvalue weighted by Gasteiger charge is -2.37. The van der Waals surface area contributed by atoms with Crippen molar-refractivity contribution in [2.75, 3.05) is 17.7 Å². The number of methoxy groups -OCH3 is 1. The smallest absolute Gasteiger partial charge is 0.343 e. The molecule has 3 unspecified atom stereocenters. The van der Waals surface area contributed by atoms with Crippen molar-refractivity contribution in [1.29, 1.82) is 0 Å². The summed E-state index contributed by atoms with van der Waals surface area (Å²) in [7, 11) is 1.28. The molecule has 274 valence electrons. The number of fused-ring (bicyclic) bond motifs is 13. The van der Waals surface area contributed by atoms with Crippen LogP contribution in [0, 0.1) is 0 Å². The molecule has 2 bridgehead atoms. The van der Waals surface area contributed by atoms with Crippen molar-refractivity contribution in [3.8, 4) is 0 Å². The van der Waals surface area contributed by atoms with Crippen LogP contribution in [-0.4, -0.2) is 61.1 Å². The number of carbonyl (C=O) groups is 2. The van der Waals surface area contributed by atoms with Gasteiger partial charge in [-0.1, -0.05) is 25.7 Å². The molecule has 6 N–H and O–H groups in total. The van der Waals surface area contributed by atoms with E-state index in [4.69, 9.17) is 33.9 Å². The van der Waals surface area contributed by atoms with Crippen molar-refractivity contribution in [2.24, 2.45) is 0 Å². The molecule has 5 aromatic rings. The molecule has 12 nitrogen and oxygen atoms in total. The molecule has 0 spiro atoms. The minimum atomic E-state index is -2.04. The number of hydrogen-bond acceptors (Lipinski definition) is 7. The predicted molar refractivity (Wildman–Crippen MR) is 212 cm³/mol. The fraction of sp³-hybridized carbons (Fsp3) is 0.436. The van der Waals surface area contributed by atoms with Crippen LogP contribution in [0.2, 0.25) is 0 Å². The van der Waals surface area contributed by atoms with Crippen molar-refractivity contribution in [3.63, 3.8) is 0 Å². The normalized spacial score (nSPS) is 25.0. The number of esters is 1. The van der Waals surface area contributed by atoms with Crippen LogP contribution < -0.4 is 26.6 Å². The number of amides is 1. The van der Waals surface area contributed by atoms with Crippen molar-refractivity contribution < 1.29 is 24.2 Å². The van der Waals surface area contributed by atoms with Crippen LogP contribution in [0.4, 0.5) is 11.4 Å². The Morgan fingerprint density at radius 1 is 0.906 bits per heavy atom. The Hall–Kier alpha value is -4.50. The van der Waals surface area contributed by atoms with Crippen LogP contribution in [0.5, 0.6) is 0 Å². The Morgan fingerprint density at radius 2 is 1.49 bits per heavy atom. The summed E-state index contributed by atoms with van der Waals surface area (Å²) in [5.41, 5.74) is 2.55.